The molecule has 1 amide bonds. The third kappa shape index (κ3) is 6.31. The second kappa shape index (κ2) is 9.52. The molecule has 1 heterocycles. The number of hydrogen-bond donors (Lipinski definition) is 0. The van der Waals surface area contributed by atoms with E-state index in [0.717, 1.165) is 16.9 Å². The molecule has 0 saturated carbocycles. The number of rotatable bonds is 8. The number of amides is 1. The maximum atomic E-state index is 13.1. The predicted molar refractivity (Wildman–Crippen MR) is 114 cm³/mol. The third-order valence-corrected chi connectivity index (χ3v) is 5.44. The molecule has 0 fully saturated rings. The molecule has 166 valence electrons. The summed E-state index contributed by atoms with van der Waals surface area (Å²) >= 11 is 1.15. The van der Waals surface area contributed by atoms with E-state index in [2.05, 4.69) is 9.72 Å². The highest BCUT2D eigenvalue weighted by Crippen LogP contribution is 2.33. The molecule has 31 heavy (non-hydrogen) atoms. The number of benzene rings is 2. The Bertz CT molecular complexity index is 1040. The van der Waals surface area contributed by atoms with Crippen LogP contribution < -0.4 is 14.4 Å². The van der Waals surface area contributed by atoms with Crippen molar-refractivity contribution in [1.82, 2.24) is 9.88 Å². The minimum Gasteiger partial charge on any atom is -0.497 e. The molecule has 0 N–H and O–H groups in total. The second-order valence-corrected chi connectivity index (χ2v) is 8.06. The van der Waals surface area contributed by atoms with Crippen LogP contribution in [0.3, 0.4) is 0 Å². The van der Waals surface area contributed by atoms with Gasteiger partial charge in [-0.15, -0.1) is 13.2 Å². The summed E-state index contributed by atoms with van der Waals surface area (Å²) in [4.78, 5) is 21.1. The zero-order valence-electron chi connectivity index (χ0n) is 17.3. The van der Waals surface area contributed by atoms with E-state index < -0.39 is 6.36 Å². The monoisotopic (exact) mass is 453 g/mol. The Morgan fingerprint density at radius 3 is 2.35 bits per heavy atom. The first-order valence-electron chi connectivity index (χ1n) is 9.39. The highest BCUT2D eigenvalue weighted by molar-refractivity contribution is 7.22. The van der Waals surface area contributed by atoms with E-state index in [-0.39, 0.29) is 18.1 Å². The van der Waals surface area contributed by atoms with Crippen LogP contribution in [0.4, 0.5) is 18.3 Å². The number of halogens is 3. The molecule has 0 atom stereocenters. The van der Waals surface area contributed by atoms with Crippen LogP contribution in [-0.4, -0.2) is 56.4 Å². The first-order chi connectivity index (χ1) is 14.6. The van der Waals surface area contributed by atoms with Crippen molar-refractivity contribution >= 4 is 32.6 Å². The van der Waals surface area contributed by atoms with Crippen LogP contribution in [0.25, 0.3) is 10.2 Å². The van der Waals surface area contributed by atoms with Crippen LogP contribution in [0.15, 0.2) is 42.5 Å². The van der Waals surface area contributed by atoms with Gasteiger partial charge in [0.05, 0.1) is 23.7 Å². The Hall–Kier alpha value is -2.85. The lowest BCUT2D eigenvalue weighted by atomic mass is 10.1. The van der Waals surface area contributed by atoms with E-state index in [1.54, 1.807) is 24.1 Å². The number of thiazole rings is 1. The van der Waals surface area contributed by atoms with Gasteiger partial charge < -0.3 is 14.4 Å². The molecule has 3 aromatic rings. The van der Waals surface area contributed by atoms with E-state index >= 15 is 0 Å². The van der Waals surface area contributed by atoms with Crippen LogP contribution in [0, 0.1) is 0 Å². The number of carbonyl (C=O) groups is 1. The van der Waals surface area contributed by atoms with Gasteiger partial charge in [0, 0.05) is 19.2 Å². The van der Waals surface area contributed by atoms with E-state index in [1.165, 1.54) is 18.2 Å². The quantitative estimate of drug-likeness (QED) is 0.508. The van der Waals surface area contributed by atoms with Crippen molar-refractivity contribution in [2.75, 3.05) is 39.2 Å². The molecule has 0 unspecified atom stereocenters. The van der Waals surface area contributed by atoms with E-state index in [9.17, 15) is 18.0 Å². The van der Waals surface area contributed by atoms with Crippen molar-refractivity contribution in [2.45, 2.75) is 12.8 Å². The maximum absolute atomic E-state index is 13.1. The zero-order chi connectivity index (χ0) is 22.6. The second-order valence-electron chi connectivity index (χ2n) is 7.05. The Balaban J connectivity index is 1.85. The number of likely N-dealkylation sites (N-methyl/N-ethyl adjacent to an activating group) is 1. The molecule has 1 aromatic heterocycles. The van der Waals surface area contributed by atoms with Crippen LogP contribution in [0.2, 0.25) is 0 Å². The Kier molecular flexibility index (Phi) is 7.01. The molecular weight excluding hydrogens is 431 g/mol. The number of fused-ring (bicyclic) bond motifs is 1. The van der Waals surface area contributed by atoms with Crippen LogP contribution in [0.1, 0.15) is 5.56 Å². The van der Waals surface area contributed by atoms with Gasteiger partial charge >= 0.3 is 6.36 Å². The Morgan fingerprint density at radius 1 is 1.06 bits per heavy atom. The van der Waals surface area contributed by atoms with Crippen molar-refractivity contribution in [3.8, 4) is 11.5 Å². The topological polar surface area (TPSA) is 54.9 Å². The average Bonchev–Trinajstić information content (AvgIpc) is 3.10. The smallest absolute Gasteiger partial charge is 0.497 e. The summed E-state index contributed by atoms with van der Waals surface area (Å²) in [6.07, 6.45) is -4.61. The number of hydrogen-bond acceptors (Lipinski definition) is 6. The molecule has 0 radical (unpaired) electrons. The van der Waals surface area contributed by atoms with Gasteiger partial charge in [0.25, 0.3) is 0 Å². The van der Waals surface area contributed by atoms with Crippen molar-refractivity contribution in [3.63, 3.8) is 0 Å². The molecule has 0 saturated heterocycles. The summed E-state index contributed by atoms with van der Waals surface area (Å²) in [6, 6.07) is 11.2. The summed E-state index contributed by atoms with van der Waals surface area (Å²) < 4.78 is 47.2. The number of anilines is 1. The van der Waals surface area contributed by atoms with Gasteiger partial charge in [0.1, 0.15) is 11.5 Å². The molecule has 6 nitrogen and oxygen atoms in total. The van der Waals surface area contributed by atoms with Crippen LogP contribution >= 0.6 is 11.3 Å². The van der Waals surface area contributed by atoms with E-state index in [0.29, 0.717) is 34.2 Å². The standard InChI is InChI=1S/C21H22F3N3O3S/c1-26(2)10-11-27(19(28)12-14-4-6-15(29-3)7-5-14)20-25-17-9-8-16(13-18(17)31-20)30-21(22,23)24/h4-9,13H,10-12H2,1-3H3. The number of methoxy groups -OCH3 is 1. The first kappa shape index (κ1) is 22.8. The van der Waals surface area contributed by atoms with E-state index in [4.69, 9.17) is 4.74 Å². The molecule has 0 aliphatic carbocycles. The SMILES string of the molecule is COc1ccc(CC(=O)N(CCN(C)C)c2nc3ccc(OC(F)(F)F)cc3s2)cc1. The molecule has 0 bridgehead atoms. The molecular formula is C21H22F3N3O3S. The predicted octanol–water partition coefficient (Wildman–Crippen LogP) is 4.34. The minimum atomic E-state index is -4.77. The van der Waals surface area contributed by atoms with Crippen molar-refractivity contribution in [1.29, 1.82) is 0 Å². The number of carbonyl (C=O) groups excluding carboxylic acids is 1. The summed E-state index contributed by atoms with van der Waals surface area (Å²) in [7, 11) is 5.36. The zero-order valence-corrected chi connectivity index (χ0v) is 18.1. The van der Waals surface area contributed by atoms with Crippen LogP contribution in [-0.2, 0) is 11.2 Å². The van der Waals surface area contributed by atoms with Gasteiger partial charge in [-0.05, 0) is 43.9 Å². The summed E-state index contributed by atoms with van der Waals surface area (Å²) in [5.74, 6) is 0.223. The van der Waals surface area contributed by atoms with Crippen molar-refractivity contribution in [3.05, 3.63) is 48.0 Å². The van der Waals surface area contributed by atoms with Gasteiger partial charge in [0.2, 0.25) is 5.91 Å². The largest absolute Gasteiger partial charge is 0.573 e. The molecule has 2 aromatic carbocycles. The fourth-order valence-electron chi connectivity index (χ4n) is 2.85. The number of aromatic nitrogens is 1. The molecule has 0 spiro atoms. The highest BCUT2D eigenvalue weighted by atomic mass is 32.1. The van der Waals surface area contributed by atoms with Crippen molar-refractivity contribution < 1.29 is 27.4 Å². The highest BCUT2D eigenvalue weighted by Gasteiger charge is 2.31. The van der Waals surface area contributed by atoms with Gasteiger partial charge in [-0.1, -0.05) is 23.5 Å². The number of alkyl halides is 3. The normalized spacial score (nSPS) is 11.7. The lowest BCUT2D eigenvalue weighted by molar-refractivity contribution is -0.274. The van der Waals surface area contributed by atoms with Gasteiger partial charge in [-0.2, -0.15) is 0 Å². The van der Waals surface area contributed by atoms with Crippen LogP contribution in [0.5, 0.6) is 11.5 Å². The summed E-state index contributed by atoms with van der Waals surface area (Å²) in [5.41, 5.74) is 1.32. The first-order valence-corrected chi connectivity index (χ1v) is 10.2. The van der Waals surface area contributed by atoms with E-state index in [1.807, 2.05) is 31.1 Å². The molecule has 0 aliphatic heterocycles. The minimum absolute atomic E-state index is 0.155. The number of nitrogens with zero attached hydrogens (tertiary/aromatic N) is 3. The lowest BCUT2D eigenvalue weighted by Crippen LogP contribution is -2.37. The number of ether oxygens (including phenoxy) is 2. The van der Waals surface area contributed by atoms with Gasteiger partial charge in [-0.25, -0.2) is 4.98 Å². The third-order valence-electron chi connectivity index (χ3n) is 4.40. The molecule has 3 rings (SSSR count). The maximum Gasteiger partial charge on any atom is 0.573 e. The van der Waals surface area contributed by atoms with Gasteiger partial charge in [-0.3, -0.25) is 9.69 Å². The lowest BCUT2D eigenvalue weighted by Gasteiger charge is -2.22. The Morgan fingerprint density at radius 2 is 1.74 bits per heavy atom. The molecule has 10 heteroatoms. The van der Waals surface area contributed by atoms with Crippen molar-refractivity contribution in [2.24, 2.45) is 0 Å². The average molecular weight is 453 g/mol. The summed E-state index contributed by atoms with van der Waals surface area (Å²) in [5, 5.41) is 0.430. The fourth-order valence-corrected chi connectivity index (χ4v) is 3.88. The Labute approximate surface area is 181 Å². The van der Waals surface area contributed by atoms with Gasteiger partial charge in [0.15, 0.2) is 5.13 Å². The molecule has 0 aliphatic rings. The fraction of sp³-hybridized carbons (Fsp3) is 0.333. The summed E-state index contributed by atoms with van der Waals surface area (Å²) in [6.45, 7) is 1.00.